The fourth-order valence-corrected chi connectivity index (χ4v) is 5.98. The maximum Gasteiger partial charge on any atom is 0.0540 e. The molecule has 0 amide bonds. The summed E-state index contributed by atoms with van der Waals surface area (Å²) >= 11 is 0. The van der Waals surface area contributed by atoms with E-state index >= 15 is 0 Å². The van der Waals surface area contributed by atoms with Crippen LogP contribution in [0.25, 0.3) is 32.7 Å². The molecule has 0 unspecified atom stereocenters. The van der Waals surface area contributed by atoms with Crippen LogP contribution in [0.2, 0.25) is 0 Å². The molecule has 0 radical (unpaired) electrons. The Morgan fingerprint density at radius 2 is 0.955 bits per heavy atom. The van der Waals surface area contributed by atoms with Gasteiger partial charge in [0, 0.05) is 33.5 Å². The van der Waals surface area contributed by atoms with Crippen molar-refractivity contribution in [2.75, 3.05) is 10.2 Å². The molecule has 7 rings (SSSR count). The van der Waals surface area contributed by atoms with Crippen LogP contribution in [0.4, 0.5) is 28.4 Å². The first-order valence-electron chi connectivity index (χ1n) is 15.3. The maximum absolute atomic E-state index is 3.61. The van der Waals surface area contributed by atoms with Crippen LogP contribution in [0, 0.1) is 0 Å². The SMILES string of the molecule is CC(C)(C)c1ccc(N(c2ccc(-c3ccc(Nc4cccc5ccccc45)cc3)cc2)c2cccc3ccccc23)cc1. The van der Waals surface area contributed by atoms with E-state index in [-0.39, 0.29) is 5.41 Å². The molecule has 2 heteroatoms. The molecule has 0 saturated heterocycles. The van der Waals surface area contributed by atoms with E-state index in [1.54, 1.807) is 0 Å². The summed E-state index contributed by atoms with van der Waals surface area (Å²) in [7, 11) is 0. The van der Waals surface area contributed by atoms with Gasteiger partial charge >= 0.3 is 0 Å². The monoisotopic (exact) mass is 568 g/mol. The lowest BCUT2D eigenvalue weighted by molar-refractivity contribution is 0.590. The number of nitrogens with one attached hydrogen (secondary N) is 1. The van der Waals surface area contributed by atoms with E-state index < -0.39 is 0 Å². The van der Waals surface area contributed by atoms with Gasteiger partial charge in [0.15, 0.2) is 0 Å². The van der Waals surface area contributed by atoms with E-state index in [1.807, 2.05) is 0 Å². The molecule has 0 atom stereocenters. The topological polar surface area (TPSA) is 15.3 Å². The summed E-state index contributed by atoms with van der Waals surface area (Å²) in [4.78, 5) is 2.37. The zero-order valence-electron chi connectivity index (χ0n) is 25.5. The van der Waals surface area contributed by atoms with Gasteiger partial charge in [-0.3, -0.25) is 0 Å². The highest BCUT2D eigenvalue weighted by Gasteiger charge is 2.18. The minimum absolute atomic E-state index is 0.102. The van der Waals surface area contributed by atoms with Gasteiger partial charge < -0.3 is 10.2 Å². The minimum atomic E-state index is 0.102. The third-order valence-corrected chi connectivity index (χ3v) is 8.41. The Balaban J connectivity index is 1.21. The Morgan fingerprint density at radius 1 is 0.455 bits per heavy atom. The molecule has 0 heterocycles. The van der Waals surface area contributed by atoms with E-state index in [0.29, 0.717) is 0 Å². The largest absolute Gasteiger partial charge is 0.355 e. The summed E-state index contributed by atoms with van der Waals surface area (Å²) in [6.45, 7) is 6.78. The van der Waals surface area contributed by atoms with E-state index in [2.05, 4.69) is 189 Å². The minimum Gasteiger partial charge on any atom is -0.355 e. The van der Waals surface area contributed by atoms with Crippen LogP contribution in [0.15, 0.2) is 158 Å². The first-order valence-corrected chi connectivity index (χ1v) is 15.3. The van der Waals surface area contributed by atoms with Crippen molar-refractivity contribution in [3.05, 3.63) is 163 Å². The summed E-state index contributed by atoms with van der Waals surface area (Å²) in [5, 5.41) is 8.52. The average Bonchev–Trinajstić information content (AvgIpc) is 3.06. The van der Waals surface area contributed by atoms with Crippen molar-refractivity contribution >= 4 is 50.0 Å². The normalized spacial score (nSPS) is 11.5. The predicted octanol–water partition coefficient (Wildman–Crippen LogP) is 12.2. The highest BCUT2D eigenvalue weighted by molar-refractivity contribution is 5.99. The van der Waals surface area contributed by atoms with Crippen molar-refractivity contribution in [1.82, 2.24) is 0 Å². The highest BCUT2D eigenvalue weighted by atomic mass is 15.1. The van der Waals surface area contributed by atoms with Gasteiger partial charge in [-0.15, -0.1) is 0 Å². The van der Waals surface area contributed by atoms with Crippen molar-refractivity contribution in [2.24, 2.45) is 0 Å². The first kappa shape index (κ1) is 27.5. The van der Waals surface area contributed by atoms with E-state index in [9.17, 15) is 0 Å². The number of fused-ring (bicyclic) bond motifs is 2. The lowest BCUT2D eigenvalue weighted by atomic mass is 9.87. The van der Waals surface area contributed by atoms with Crippen molar-refractivity contribution in [3.63, 3.8) is 0 Å². The summed E-state index contributed by atoms with van der Waals surface area (Å²) in [6, 6.07) is 56.6. The summed E-state index contributed by atoms with van der Waals surface area (Å²) in [5.41, 5.74) is 9.43. The van der Waals surface area contributed by atoms with Crippen molar-refractivity contribution in [3.8, 4) is 11.1 Å². The quantitative estimate of drug-likeness (QED) is 0.215. The van der Waals surface area contributed by atoms with E-state index in [0.717, 1.165) is 22.7 Å². The second-order valence-electron chi connectivity index (χ2n) is 12.4. The second-order valence-corrected chi connectivity index (χ2v) is 12.4. The lowest BCUT2D eigenvalue weighted by Gasteiger charge is -2.28. The molecular formula is C42H36N2. The average molecular weight is 569 g/mol. The molecule has 2 nitrogen and oxygen atoms in total. The third-order valence-electron chi connectivity index (χ3n) is 8.41. The molecular weight excluding hydrogens is 532 g/mol. The van der Waals surface area contributed by atoms with Gasteiger partial charge in [-0.2, -0.15) is 0 Å². The Bertz CT molecular complexity index is 2040. The van der Waals surface area contributed by atoms with Gasteiger partial charge in [0.05, 0.1) is 5.69 Å². The van der Waals surface area contributed by atoms with Crippen LogP contribution in [0.5, 0.6) is 0 Å². The smallest absolute Gasteiger partial charge is 0.0540 e. The van der Waals surface area contributed by atoms with Gasteiger partial charge in [0.2, 0.25) is 0 Å². The number of benzene rings is 7. The van der Waals surface area contributed by atoms with Gasteiger partial charge in [-0.05, 0) is 81.4 Å². The molecule has 1 N–H and O–H groups in total. The number of hydrogen-bond acceptors (Lipinski definition) is 2. The van der Waals surface area contributed by atoms with E-state index in [4.69, 9.17) is 0 Å². The first-order chi connectivity index (χ1) is 21.4. The van der Waals surface area contributed by atoms with Crippen molar-refractivity contribution in [2.45, 2.75) is 26.2 Å². The Kier molecular flexibility index (Phi) is 7.12. The van der Waals surface area contributed by atoms with Crippen LogP contribution in [0.3, 0.4) is 0 Å². The summed E-state index contributed by atoms with van der Waals surface area (Å²) in [5.74, 6) is 0. The molecule has 0 aliphatic carbocycles. The lowest BCUT2D eigenvalue weighted by Crippen LogP contribution is -2.13. The van der Waals surface area contributed by atoms with Gasteiger partial charge in [-0.25, -0.2) is 0 Å². The predicted molar refractivity (Wildman–Crippen MR) is 190 cm³/mol. The van der Waals surface area contributed by atoms with Crippen molar-refractivity contribution in [1.29, 1.82) is 0 Å². The maximum atomic E-state index is 3.61. The standard InChI is InChI=1S/C42H36N2/c1-42(2,3)34-22-28-37(29-23-34)44(41-17-9-13-33-11-5-7-15-39(33)41)36-26-20-31(21-27-36)30-18-24-35(25-19-30)43-40-16-8-12-32-10-4-6-14-38(32)40/h4-29,43H,1-3H3. The fraction of sp³-hybridized carbons (Fsp3) is 0.0952. The molecule has 0 aliphatic rings. The van der Waals surface area contributed by atoms with Crippen LogP contribution in [0.1, 0.15) is 26.3 Å². The second kappa shape index (κ2) is 11.4. The van der Waals surface area contributed by atoms with Crippen LogP contribution in [-0.2, 0) is 5.41 Å². The fourth-order valence-electron chi connectivity index (χ4n) is 5.98. The molecule has 0 aromatic heterocycles. The molecule has 214 valence electrons. The Morgan fingerprint density at radius 3 is 1.59 bits per heavy atom. The highest BCUT2D eigenvalue weighted by Crippen LogP contribution is 2.40. The molecule has 0 aliphatic heterocycles. The van der Waals surface area contributed by atoms with Gasteiger partial charge in [0.1, 0.15) is 0 Å². The Hall–Kier alpha value is -5.34. The molecule has 0 saturated carbocycles. The third kappa shape index (κ3) is 5.43. The zero-order chi connectivity index (χ0) is 30.1. The number of anilines is 5. The number of hydrogen-bond donors (Lipinski definition) is 1. The van der Waals surface area contributed by atoms with Gasteiger partial charge in [0.25, 0.3) is 0 Å². The van der Waals surface area contributed by atoms with Crippen LogP contribution < -0.4 is 10.2 Å². The zero-order valence-corrected chi connectivity index (χ0v) is 25.5. The molecule has 0 bridgehead atoms. The summed E-state index contributed by atoms with van der Waals surface area (Å²) in [6.07, 6.45) is 0. The summed E-state index contributed by atoms with van der Waals surface area (Å²) < 4.78 is 0. The molecule has 7 aromatic carbocycles. The molecule has 44 heavy (non-hydrogen) atoms. The molecule has 7 aromatic rings. The number of nitrogens with zero attached hydrogens (tertiary/aromatic N) is 1. The van der Waals surface area contributed by atoms with Crippen LogP contribution >= 0.6 is 0 Å². The van der Waals surface area contributed by atoms with Crippen LogP contribution in [-0.4, -0.2) is 0 Å². The van der Waals surface area contributed by atoms with Gasteiger partial charge in [-0.1, -0.05) is 130 Å². The van der Waals surface area contributed by atoms with Crippen molar-refractivity contribution < 1.29 is 0 Å². The molecule has 0 spiro atoms. The molecule has 0 fully saturated rings. The number of rotatable bonds is 6. The Labute approximate surface area is 260 Å². The van der Waals surface area contributed by atoms with E-state index in [1.165, 1.54) is 43.9 Å².